The summed E-state index contributed by atoms with van der Waals surface area (Å²) in [7, 11) is -3.92. The van der Waals surface area contributed by atoms with Crippen LogP contribution < -0.4 is 4.72 Å². The van der Waals surface area contributed by atoms with Gasteiger partial charge in [-0.15, -0.1) is 0 Å². The van der Waals surface area contributed by atoms with Gasteiger partial charge in [-0.25, -0.2) is 22.5 Å². The molecule has 0 saturated carbocycles. The Hall–Kier alpha value is -3.31. The van der Waals surface area contributed by atoms with E-state index in [4.69, 9.17) is 4.74 Å². The number of pyridine rings is 1. The van der Waals surface area contributed by atoms with E-state index in [1.54, 1.807) is 25.1 Å². The minimum atomic E-state index is -3.92. The van der Waals surface area contributed by atoms with Crippen LogP contribution in [0, 0.1) is 6.92 Å². The molecule has 11 heteroatoms. The van der Waals surface area contributed by atoms with E-state index in [9.17, 15) is 12.8 Å². The lowest BCUT2D eigenvalue weighted by molar-refractivity contribution is -0.135. The highest BCUT2D eigenvalue weighted by Crippen LogP contribution is 2.34. The van der Waals surface area contributed by atoms with Crippen molar-refractivity contribution in [3.05, 3.63) is 60.2 Å². The smallest absolute Gasteiger partial charge is 0.265 e. The average Bonchev–Trinajstić information content (AvgIpc) is 3.35. The van der Waals surface area contributed by atoms with Crippen LogP contribution in [0.2, 0.25) is 0 Å². The number of sulfonamides is 1. The number of nitrogens with zero attached hydrogens (tertiary/aromatic N) is 4. The highest BCUT2D eigenvalue weighted by Gasteiger charge is 2.41. The predicted octanol–water partition coefficient (Wildman–Crippen LogP) is 2.45. The highest BCUT2D eigenvalue weighted by atomic mass is 32.2. The standard InChI is InChI=1S/C19H17FN6O3S/c1-12-18-15(24-23-12)3-2-4-16(18)25-30(27,28)14-8-22-26(9-14)17-7-13(5-6-21-17)19(20)10-29-11-19/h2-9,25H,10-11H2,1H3,(H,23,24). The molecule has 1 saturated heterocycles. The van der Waals surface area contributed by atoms with Crippen LogP contribution in [0.1, 0.15) is 11.3 Å². The Morgan fingerprint density at radius 1 is 1.30 bits per heavy atom. The minimum absolute atomic E-state index is 0.0158. The molecule has 4 heterocycles. The number of ether oxygens (including phenoxy) is 1. The lowest BCUT2D eigenvalue weighted by atomic mass is 9.95. The van der Waals surface area contributed by atoms with E-state index in [1.807, 2.05) is 6.07 Å². The van der Waals surface area contributed by atoms with Crippen molar-refractivity contribution >= 4 is 26.6 Å². The average molecular weight is 428 g/mol. The van der Waals surface area contributed by atoms with E-state index in [0.717, 1.165) is 5.52 Å². The van der Waals surface area contributed by atoms with E-state index < -0.39 is 15.7 Å². The maximum absolute atomic E-state index is 14.6. The molecule has 1 aliphatic rings. The number of aryl methyl sites for hydroxylation is 1. The molecule has 0 unspecified atom stereocenters. The van der Waals surface area contributed by atoms with Crippen LogP contribution in [0.25, 0.3) is 16.7 Å². The van der Waals surface area contributed by atoms with Crippen molar-refractivity contribution in [2.75, 3.05) is 17.9 Å². The molecular weight excluding hydrogens is 411 g/mol. The largest absolute Gasteiger partial charge is 0.374 e. The van der Waals surface area contributed by atoms with Crippen LogP contribution in [-0.4, -0.2) is 46.6 Å². The number of alkyl halides is 1. The lowest BCUT2D eigenvalue weighted by Crippen LogP contribution is -2.42. The van der Waals surface area contributed by atoms with Crippen LogP contribution in [0.4, 0.5) is 10.1 Å². The molecule has 3 aromatic heterocycles. The van der Waals surface area contributed by atoms with Crippen molar-refractivity contribution in [3.63, 3.8) is 0 Å². The first-order valence-electron chi connectivity index (χ1n) is 9.10. The van der Waals surface area contributed by atoms with Gasteiger partial charge in [0.25, 0.3) is 10.0 Å². The van der Waals surface area contributed by atoms with Crippen molar-refractivity contribution in [1.82, 2.24) is 25.0 Å². The maximum atomic E-state index is 14.6. The van der Waals surface area contributed by atoms with Crippen LogP contribution in [-0.2, 0) is 20.4 Å². The monoisotopic (exact) mass is 428 g/mol. The lowest BCUT2D eigenvalue weighted by Gasteiger charge is -2.34. The van der Waals surface area contributed by atoms with Gasteiger partial charge in [-0.05, 0) is 36.8 Å². The molecule has 1 fully saturated rings. The zero-order chi connectivity index (χ0) is 20.9. The van der Waals surface area contributed by atoms with Crippen molar-refractivity contribution in [1.29, 1.82) is 0 Å². The second-order valence-corrected chi connectivity index (χ2v) is 8.81. The third-order valence-electron chi connectivity index (χ3n) is 5.04. The Balaban J connectivity index is 1.46. The molecule has 2 N–H and O–H groups in total. The Morgan fingerprint density at radius 2 is 2.13 bits per heavy atom. The molecule has 0 spiro atoms. The molecule has 1 aromatic carbocycles. The zero-order valence-corrected chi connectivity index (χ0v) is 16.6. The van der Waals surface area contributed by atoms with Crippen LogP contribution in [0.15, 0.2) is 53.8 Å². The molecule has 0 bridgehead atoms. The fraction of sp³-hybridized carbons (Fsp3) is 0.211. The number of aromatic nitrogens is 5. The number of H-pyrrole nitrogens is 1. The van der Waals surface area contributed by atoms with Gasteiger partial charge in [-0.1, -0.05) is 6.07 Å². The number of benzene rings is 1. The van der Waals surface area contributed by atoms with Crippen molar-refractivity contribution < 1.29 is 17.5 Å². The summed E-state index contributed by atoms with van der Waals surface area (Å²) in [6.07, 6.45) is 4.01. The topological polar surface area (TPSA) is 115 Å². The van der Waals surface area contributed by atoms with Gasteiger partial charge in [0.2, 0.25) is 0 Å². The van der Waals surface area contributed by atoms with Gasteiger partial charge in [-0.3, -0.25) is 9.82 Å². The summed E-state index contributed by atoms with van der Waals surface area (Å²) in [6.45, 7) is 1.76. The number of halogens is 1. The second kappa shape index (κ2) is 6.61. The third kappa shape index (κ3) is 3.02. The molecule has 0 amide bonds. The van der Waals surface area contributed by atoms with Crippen molar-refractivity contribution in [2.24, 2.45) is 0 Å². The zero-order valence-electron chi connectivity index (χ0n) is 15.8. The van der Waals surface area contributed by atoms with Gasteiger partial charge in [0.15, 0.2) is 11.5 Å². The number of rotatable bonds is 5. The van der Waals surface area contributed by atoms with Gasteiger partial charge < -0.3 is 4.74 Å². The van der Waals surface area contributed by atoms with Gasteiger partial charge in [-0.2, -0.15) is 10.2 Å². The summed E-state index contributed by atoms with van der Waals surface area (Å²) in [5.41, 5.74) is 0.683. The van der Waals surface area contributed by atoms with Crippen molar-refractivity contribution in [3.8, 4) is 5.82 Å². The van der Waals surface area contributed by atoms with Gasteiger partial charge >= 0.3 is 0 Å². The molecule has 154 valence electrons. The Labute approximate surface area is 170 Å². The van der Waals surface area contributed by atoms with Crippen LogP contribution in [0.3, 0.4) is 0 Å². The number of nitrogens with one attached hydrogen (secondary N) is 2. The molecule has 0 radical (unpaired) electrons. The Morgan fingerprint density at radius 3 is 2.90 bits per heavy atom. The summed E-state index contributed by atoms with van der Waals surface area (Å²) in [4.78, 5) is 4.13. The molecule has 30 heavy (non-hydrogen) atoms. The Bertz CT molecular complexity index is 1360. The van der Waals surface area contributed by atoms with E-state index in [1.165, 1.54) is 29.3 Å². The quantitative estimate of drug-likeness (QED) is 0.505. The molecule has 0 aliphatic carbocycles. The van der Waals surface area contributed by atoms with Gasteiger partial charge in [0, 0.05) is 11.6 Å². The number of hydrogen-bond acceptors (Lipinski definition) is 6. The molecular formula is C19H17FN6O3S. The summed E-state index contributed by atoms with van der Waals surface area (Å²) < 4.78 is 49.3. The number of anilines is 1. The first-order valence-corrected chi connectivity index (χ1v) is 10.6. The van der Waals surface area contributed by atoms with E-state index in [0.29, 0.717) is 28.1 Å². The minimum Gasteiger partial charge on any atom is -0.374 e. The van der Waals surface area contributed by atoms with E-state index in [-0.39, 0.29) is 18.1 Å². The van der Waals surface area contributed by atoms with E-state index in [2.05, 4.69) is 25.0 Å². The van der Waals surface area contributed by atoms with E-state index >= 15 is 0 Å². The maximum Gasteiger partial charge on any atom is 0.265 e. The second-order valence-electron chi connectivity index (χ2n) is 7.12. The summed E-state index contributed by atoms with van der Waals surface area (Å²) in [6, 6.07) is 8.32. The predicted molar refractivity (Wildman–Crippen MR) is 107 cm³/mol. The highest BCUT2D eigenvalue weighted by molar-refractivity contribution is 7.92. The molecule has 9 nitrogen and oxygen atoms in total. The summed E-state index contributed by atoms with van der Waals surface area (Å²) >= 11 is 0. The first-order chi connectivity index (χ1) is 14.4. The number of hydrogen-bond donors (Lipinski definition) is 2. The molecule has 1 aliphatic heterocycles. The summed E-state index contributed by atoms with van der Waals surface area (Å²) in [5, 5.41) is 11.8. The summed E-state index contributed by atoms with van der Waals surface area (Å²) in [5.74, 6) is 0.311. The fourth-order valence-corrected chi connectivity index (χ4v) is 4.37. The fourth-order valence-electron chi connectivity index (χ4n) is 3.36. The third-order valence-corrected chi connectivity index (χ3v) is 6.36. The van der Waals surface area contributed by atoms with Crippen LogP contribution in [0.5, 0.6) is 0 Å². The normalized spacial score (nSPS) is 15.8. The SMILES string of the molecule is Cc1n[nH]c2cccc(NS(=O)(=O)c3cnn(-c4cc(C5(F)COC5)ccn4)c3)c12. The molecule has 4 aromatic rings. The van der Waals surface area contributed by atoms with Crippen molar-refractivity contribution in [2.45, 2.75) is 17.5 Å². The molecule has 0 atom stereocenters. The number of fused-ring (bicyclic) bond motifs is 1. The first kappa shape index (κ1) is 18.7. The Kier molecular flexibility index (Phi) is 4.12. The number of aromatic amines is 1. The molecule has 5 rings (SSSR count). The van der Waals surface area contributed by atoms with Gasteiger partial charge in [0.1, 0.15) is 4.90 Å². The van der Waals surface area contributed by atoms with Crippen LogP contribution >= 0.6 is 0 Å². The van der Waals surface area contributed by atoms with Gasteiger partial charge in [0.05, 0.1) is 42.5 Å².